The summed E-state index contributed by atoms with van der Waals surface area (Å²) in [6, 6.07) is 17.2. The van der Waals surface area contributed by atoms with Crippen molar-refractivity contribution in [1.82, 2.24) is 0 Å². The zero-order valence-electron chi connectivity index (χ0n) is 21.5. The molecular formula is C30H31NO5. The minimum atomic E-state index is -0.825. The third kappa shape index (κ3) is 4.59. The van der Waals surface area contributed by atoms with Gasteiger partial charge in [0.05, 0.1) is 24.8 Å². The number of nitrogens with zero attached hydrogens (tertiary/aromatic N) is 1. The van der Waals surface area contributed by atoms with Crippen molar-refractivity contribution in [3.63, 3.8) is 0 Å². The predicted octanol–water partition coefficient (Wildman–Crippen LogP) is 6.03. The van der Waals surface area contributed by atoms with Crippen LogP contribution in [0.5, 0.6) is 11.5 Å². The van der Waals surface area contributed by atoms with Gasteiger partial charge in [0.2, 0.25) is 0 Å². The normalized spacial score (nSPS) is 17.1. The van der Waals surface area contributed by atoms with Gasteiger partial charge in [0.25, 0.3) is 11.7 Å². The molecule has 0 aromatic heterocycles. The largest absolute Gasteiger partial charge is 0.507 e. The van der Waals surface area contributed by atoms with Gasteiger partial charge in [-0.2, -0.15) is 0 Å². The van der Waals surface area contributed by atoms with Crippen LogP contribution in [0.1, 0.15) is 47.7 Å². The fourth-order valence-electron chi connectivity index (χ4n) is 4.44. The maximum Gasteiger partial charge on any atom is 0.300 e. The summed E-state index contributed by atoms with van der Waals surface area (Å²) >= 11 is 0. The van der Waals surface area contributed by atoms with Gasteiger partial charge >= 0.3 is 0 Å². The van der Waals surface area contributed by atoms with Gasteiger partial charge < -0.3 is 14.6 Å². The lowest BCUT2D eigenvalue weighted by atomic mass is 9.94. The SMILES string of the molecule is COc1cccc(C2/C(=C(\O)c3ccc(OC(C)C)c(C)c3)C(=O)C(=O)N2c2ccc(C)c(C)c2)c1. The summed E-state index contributed by atoms with van der Waals surface area (Å²) in [5.74, 6) is -0.375. The first-order valence-corrected chi connectivity index (χ1v) is 11.9. The van der Waals surface area contributed by atoms with Crippen LogP contribution in [0.3, 0.4) is 0 Å². The molecule has 1 aliphatic rings. The second kappa shape index (κ2) is 9.90. The van der Waals surface area contributed by atoms with Crippen molar-refractivity contribution in [2.24, 2.45) is 0 Å². The monoisotopic (exact) mass is 485 g/mol. The maximum absolute atomic E-state index is 13.4. The van der Waals surface area contributed by atoms with Crippen molar-refractivity contribution in [3.8, 4) is 11.5 Å². The number of anilines is 1. The van der Waals surface area contributed by atoms with E-state index < -0.39 is 17.7 Å². The number of ketones is 1. The Hall–Kier alpha value is -4.06. The van der Waals surface area contributed by atoms with Crippen molar-refractivity contribution in [2.75, 3.05) is 12.0 Å². The van der Waals surface area contributed by atoms with E-state index in [0.29, 0.717) is 28.3 Å². The summed E-state index contributed by atoms with van der Waals surface area (Å²) < 4.78 is 11.2. The summed E-state index contributed by atoms with van der Waals surface area (Å²) in [5, 5.41) is 11.4. The zero-order chi connectivity index (χ0) is 26.1. The number of aliphatic hydroxyl groups is 1. The van der Waals surface area contributed by atoms with Gasteiger partial charge in [0.1, 0.15) is 17.3 Å². The van der Waals surface area contributed by atoms with Crippen molar-refractivity contribution in [2.45, 2.75) is 46.8 Å². The smallest absolute Gasteiger partial charge is 0.300 e. The lowest BCUT2D eigenvalue weighted by Gasteiger charge is -2.26. The molecule has 1 saturated heterocycles. The van der Waals surface area contributed by atoms with Crippen molar-refractivity contribution in [1.29, 1.82) is 0 Å². The molecule has 0 spiro atoms. The number of rotatable bonds is 6. The number of amides is 1. The number of carbonyl (C=O) groups excluding carboxylic acids is 2. The number of hydrogen-bond acceptors (Lipinski definition) is 5. The topological polar surface area (TPSA) is 76.1 Å². The van der Waals surface area contributed by atoms with Crippen LogP contribution in [0.2, 0.25) is 0 Å². The molecule has 0 saturated carbocycles. The first-order valence-electron chi connectivity index (χ1n) is 11.9. The molecule has 186 valence electrons. The van der Waals surface area contributed by atoms with Crippen LogP contribution in [0.25, 0.3) is 5.76 Å². The molecule has 1 atom stereocenters. The highest BCUT2D eigenvalue weighted by atomic mass is 16.5. The van der Waals surface area contributed by atoms with E-state index in [1.807, 2.05) is 58.9 Å². The number of benzene rings is 3. The molecule has 3 aromatic carbocycles. The van der Waals surface area contributed by atoms with Gasteiger partial charge in [-0.05, 0) is 99.3 Å². The van der Waals surface area contributed by atoms with E-state index in [9.17, 15) is 14.7 Å². The summed E-state index contributed by atoms with van der Waals surface area (Å²) in [7, 11) is 1.56. The number of hydrogen-bond donors (Lipinski definition) is 1. The molecule has 0 aliphatic carbocycles. The highest BCUT2D eigenvalue weighted by Gasteiger charge is 2.47. The van der Waals surface area contributed by atoms with E-state index in [1.54, 1.807) is 43.5 Å². The Morgan fingerprint density at radius 2 is 1.67 bits per heavy atom. The predicted molar refractivity (Wildman–Crippen MR) is 141 cm³/mol. The van der Waals surface area contributed by atoms with E-state index in [0.717, 1.165) is 16.7 Å². The lowest BCUT2D eigenvalue weighted by Crippen LogP contribution is -2.29. The molecule has 4 rings (SSSR count). The number of aliphatic hydroxyl groups excluding tert-OH is 1. The third-order valence-corrected chi connectivity index (χ3v) is 6.43. The second-order valence-electron chi connectivity index (χ2n) is 9.36. The van der Waals surface area contributed by atoms with Crippen LogP contribution in [0.15, 0.2) is 66.2 Å². The molecule has 36 heavy (non-hydrogen) atoms. The van der Waals surface area contributed by atoms with Crippen molar-refractivity contribution in [3.05, 3.63) is 94.1 Å². The summed E-state index contributed by atoms with van der Waals surface area (Å²) in [5.41, 5.74) is 4.60. The number of ether oxygens (including phenoxy) is 2. The van der Waals surface area contributed by atoms with Gasteiger partial charge in [-0.1, -0.05) is 18.2 Å². The lowest BCUT2D eigenvalue weighted by molar-refractivity contribution is -0.132. The average molecular weight is 486 g/mol. The Bertz CT molecular complexity index is 1370. The molecule has 1 unspecified atom stereocenters. The summed E-state index contributed by atoms with van der Waals surface area (Å²) in [4.78, 5) is 28.3. The number of carbonyl (C=O) groups is 2. The Labute approximate surface area is 211 Å². The molecule has 6 nitrogen and oxygen atoms in total. The maximum atomic E-state index is 13.4. The molecule has 1 N–H and O–H groups in total. The summed E-state index contributed by atoms with van der Waals surface area (Å²) in [6.45, 7) is 9.70. The van der Waals surface area contributed by atoms with Gasteiger partial charge in [-0.15, -0.1) is 0 Å². The van der Waals surface area contributed by atoms with Crippen LogP contribution < -0.4 is 14.4 Å². The quantitative estimate of drug-likeness (QED) is 0.262. The van der Waals surface area contributed by atoms with E-state index in [1.165, 1.54) is 4.90 Å². The van der Waals surface area contributed by atoms with Crippen LogP contribution in [-0.2, 0) is 9.59 Å². The van der Waals surface area contributed by atoms with E-state index >= 15 is 0 Å². The fraction of sp³-hybridized carbons (Fsp3) is 0.267. The van der Waals surface area contributed by atoms with Gasteiger partial charge in [0.15, 0.2) is 0 Å². The summed E-state index contributed by atoms with van der Waals surface area (Å²) in [6.07, 6.45) is -0.000464. The van der Waals surface area contributed by atoms with Crippen molar-refractivity contribution >= 4 is 23.1 Å². The van der Waals surface area contributed by atoms with Crippen molar-refractivity contribution < 1.29 is 24.2 Å². The van der Waals surface area contributed by atoms with E-state index in [2.05, 4.69) is 0 Å². The van der Waals surface area contributed by atoms with E-state index in [4.69, 9.17) is 9.47 Å². The standard InChI is InChI=1S/C30H31NO5/c1-17(2)36-25-13-11-22(14-20(25)5)28(32)26-27(21-8-7-9-24(16-21)35-6)31(30(34)29(26)33)23-12-10-18(3)19(4)15-23/h7-17,27,32H,1-6H3/b28-26+. The van der Waals surface area contributed by atoms with E-state index in [-0.39, 0.29) is 17.4 Å². The molecule has 1 heterocycles. The third-order valence-electron chi connectivity index (χ3n) is 6.43. The van der Waals surface area contributed by atoms with Crippen LogP contribution in [-0.4, -0.2) is 30.0 Å². The Kier molecular flexibility index (Phi) is 6.88. The molecule has 6 heteroatoms. The molecular weight excluding hydrogens is 454 g/mol. The van der Waals surface area contributed by atoms with Gasteiger partial charge in [0, 0.05) is 11.3 Å². The molecule has 3 aromatic rings. The number of aryl methyl sites for hydroxylation is 3. The zero-order valence-corrected chi connectivity index (χ0v) is 21.5. The molecule has 1 aliphatic heterocycles. The highest BCUT2D eigenvalue weighted by molar-refractivity contribution is 6.51. The Balaban J connectivity index is 1.92. The fourth-order valence-corrected chi connectivity index (χ4v) is 4.44. The minimum absolute atomic E-state index is 0.000464. The number of methoxy groups -OCH3 is 1. The van der Waals surface area contributed by atoms with Crippen LogP contribution in [0, 0.1) is 20.8 Å². The van der Waals surface area contributed by atoms with Crippen LogP contribution in [0.4, 0.5) is 5.69 Å². The first kappa shape index (κ1) is 25.0. The minimum Gasteiger partial charge on any atom is -0.507 e. The Morgan fingerprint density at radius 1 is 0.917 bits per heavy atom. The average Bonchev–Trinajstić information content (AvgIpc) is 3.12. The molecule has 1 fully saturated rings. The van der Waals surface area contributed by atoms with Crippen LogP contribution >= 0.6 is 0 Å². The molecule has 0 radical (unpaired) electrons. The highest BCUT2D eigenvalue weighted by Crippen LogP contribution is 2.43. The van der Waals surface area contributed by atoms with Gasteiger partial charge in [-0.25, -0.2) is 0 Å². The number of Topliss-reactive ketones (excluding diaryl/α,β-unsaturated/α-hetero) is 1. The Morgan fingerprint density at radius 3 is 2.31 bits per heavy atom. The molecule has 0 bridgehead atoms. The molecule has 1 amide bonds. The van der Waals surface area contributed by atoms with Gasteiger partial charge in [-0.3, -0.25) is 14.5 Å². The second-order valence-corrected chi connectivity index (χ2v) is 9.36. The first-order chi connectivity index (χ1) is 17.1.